The van der Waals surface area contributed by atoms with Gasteiger partial charge < -0.3 is 9.47 Å². The van der Waals surface area contributed by atoms with Crippen molar-refractivity contribution in [2.24, 2.45) is 0 Å². The van der Waals surface area contributed by atoms with Crippen LogP contribution < -0.4 is 14.2 Å². The second-order valence-electron chi connectivity index (χ2n) is 6.10. The molecule has 0 aliphatic heterocycles. The van der Waals surface area contributed by atoms with Crippen LogP contribution in [-0.2, 0) is 10.0 Å². The Labute approximate surface area is 150 Å². The predicted octanol–water partition coefficient (Wildman–Crippen LogP) is 4.05. The summed E-state index contributed by atoms with van der Waals surface area (Å²) in [6.45, 7) is 9.59. The largest absolute Gasteiger partial charge is 0.493 e. The summed E-state index contributed by atoms with van der Waals surface area (Å²) in [5.41, 5.74) is 4.96. The number of anilines is 1. The summed E-state index contributed by atoms with van der Waals surface area (Å²) in [4.78, 5) is 0.318. The molecule has 0 saturated carbocycles. The van der Waals surface area contributed by atoms with E-state index >= 15 is 0 Å². The smallest absolute Gasteiger partial charge is 0.262 e. The molecule has 0 fully saturated rings. The lowest BCUT2D eigenvalue weighted by atomic mass is 9.95. The first-order valence-corrected chi connectivity index (χ1v) is 9.44. The highest BCUT2D eigenvalue weighted by Crippen LogP contribution is 2.37. The highest BCUT2D eigenvalue weighted by atomic mass is 32.2. The van der Waals surface area contributed by atoms with Crippen LogP contribution >= 0.6 is 0 Å². The number of hydrogen-bond acceptors (Lipinski definition) is 4. The zero-order valence-electron chi connectivity index (χ0n) is 15.8. The minimum absolute atomic E-state index is 0.318. The molecule has 0 atom stereocenters. The highest BCUT2D eigenvalue weighted by molar-refractivity contribution is 7.92. The Morgan fingerprint density at radius 2 is 1.32 bits per heavy atom. The molecule has 0 saturated heterocycles. The molecule has 0 aliphatic carbocycles. The molecule has 136 valence electrons. The van der Waals surface area contributed by atoms with Crippen molar-refractivity contribution in [1.82, 2.24) is 0 Å². The first-order valence-electron chi connectivity index (χ1n) is 7.96. The van der Waals surface area contributed by atoms with Crippen molar-refractivity contribution in [2.75, 3.05) is 18.9 Å². The average Bonchev–Trinajstić information content (AvgIpc) is 2.57. The number of benzene rings is 2. The quantitative estimate of drug-likeness (QED) is 0.870. The lowest BCUT2D eigenvalue weighted by molar-refractivity contribution is 0.356. The van der Waals surface area contributed by atoms with E-state index < -0.39 is 10.0 Å². The molecule has 2 rings (SSSR count). The Hall–Kier alpha value is -2.21. The van der Waals surface area contributed by atoms with Crippen molar-refractivity contribution in [3.05, 3.63) is 46.0 Å². The van der Waals surface area contributed by atoms with Crippen LogP contribution in [0.1, 0.15) is 27.8 Å². The lowest BCUT2D eigenvalue weighted by Crippen LogP contribution is -2.18. The van der Waals surface area contributed by atoms with E-state index in [0.29, 0.717) is 22.1 Å². The van der Waals surface area contributed by atoms with Gasteiger partial charge in [-0.3, -0.25) is 4.72 Å². The number of ether oxygens (including phenoxy) is 2. The van der Waals surface area contributed by atoms with Gasteiger partial charge in [-0.15, -0.1) is 0 Å². The summed E-state index contributed by atoms with van der Waals surface area (Å²) < 4.78 is 39.5. The zero-order valence-corrected chi connectivity index (χ0v) is 16.6. The molecule has 0 bridgehead atoms. The van der Waals surface area contributed by atoms with E-state index in [0.717, 1.165) is 27.8 Å². The number of sulfonamides is 1. The van der Waals surface area contributed by atoms with Gasteiger partial charge >= 0.3 is 0 Å². The zero-order chi connectivity index (χ0) is 18.9. The van der Waals surface area contributed by atoms with Gasteiger partial charge in [0.25, 0.3) is 10.0 Å². The van der Waals surface area contributed by atoms with Crippen LogP contribution in [0.4, 0.5) is 5.69 Å². The number of rotatable bonds is 5. The summed E-state index contributed by atoms with van der Waals surface area (Å²) in [6, 6.07) is 5.08. The molecule has 0 aliphatic rings. The van der Waals surface area contributed by atoms with Gasteiger partial charge in [-0.1, -0.05) is 6.07 Å². The van der Waals surface area contributed by atoms with Crippen LogP contribution in [0.15, 0.2) is 23.1 Å². The molecule has 0 unspecified atom stereocenters. The lowest BCUT2D eigenvalue weighted by Gasteiger charge is -2.20. The third-order valence-electron chi connectivity index (χ3n) is 4.85. The Bertz CT molecular complexity index is 889. The van der Waals surface area contributed by atoms with E-state index in [9.17, 15) is 8.42 Å². The summed E-state index contributed by atoms with van der Waals surface area (Å²) in [5, 5.41) is 0. The van der Waals surface area contributed by atoms with Crippen LogP contribution in [0.5, 0.6) is 11.5 Å². The Kier molecular flexibility index (Phi) is 5.32. The first-order chi connectivity index (χ1) is 11.7. The summed E-state index contributed by atoms with van der Waals surface area (Å²) in [5.74, 6) is 0.817. The van der Waals surface area contributed by atoms with Crippen LogP contribution in [0.25, 0.3) is 0 Å². The van der Waals surface area contributed by atoms with Gasteiger partial charge in [-0.2, -0.15) is 0 Å². The Morgan fingerprint density at radius 3 is 1.80 bits per heavy atom. The van der Waals surface area contributed by atoms with Crippen molar-refractivity contribution < 1.29 is 17.9 Å². The van der Waals surface area contributed by atoms with Crippen molar-refractivity contribution >= 4 is 15.7 Å². The molecule has 5 nitrogen and oxygen atoms in total. The SMILES string of the molecule is COc1cccc(NS(=O)(=O)c2c(C)c(C)c(C)c(C)c2C)c1OC. The highest BCUT2D eigenvalue weighted by Gasteiger charge is 2.25. The number of methoxy groups -OCH3 is 2. The molecule has 0 aromatic heterocycles. The van der Waals surface area contributed by atoms with Gasteiger partial charge in [0, 0.05) is 0 Å². The molecule has 0 heterocycles. The maximum Gasteiger partial charge on any atom is 0.262 e. The Morgan fingerprint density at radius 1 is 0.800 bits per heavy atom. The summed E-state index contributed by atoms with van der Waals surface area (Å²) in [7, 11) is -0.790. The van der Waals surface area contributed by atoms with E-state index in [-0.39, 0.29) is 0 Å². The molecule has 6 heteroatoms. The molecule has 2 aromatic carbocycles. The molecular formula is C19H25NO4S. The number of hydrogen-bond donors (Lipinski definition) is 1. The van der Waals surface area contributed by atoms with Gasteiger partial charge in [-0.05, 0) is 74.6 Å². The van der Waals surface area contributed by atoms with E-state index in [2.05, 4.69) is 4.72 Å². The van der Waals surface area contributed by atoms with E-state index in [1.165, 1.54) is 14.2 Å². The van der Waals surface area contributed by atoms with Gasteiger partial charge in [0.1, 0.15) is 0 Å². The van der Waals surface area contributed by atoms with Crippen LogP contribution in [-0.4, -0.2) is 22.6 Å². The van der Waals surface area contributed by atoms with Crippen molar-refractivity contribution in [3.63, 3.8) is 0 Å². The predicted molar refractivity (Wildman–Crippen MR) is 100 cm³/mol. The fourth-order valence-electron chi connectivity index (χ4n) is 3.03. The molecular weight excluding hydrogens is 338 g/mol. The summed E-state index contributed by atoms with van der Waals surface area (Å²) in [6.07, 6.45) is 0. The average molecular weight is 363 g/mol. The molecule has 0 spiro atoms. The maximum absolute atomic E-state index is 13.1. The first kappa shape index (κ1) is 19.1. The maximum atomic E-state index is 13.1. The van der Waals surface area contributed by atoms with Crippen LogP contribution in [0.2, 0.25) is 0 Å². The van der Waals surface area contributed by atoms with Crippen LogP contribution in [0, 0.1) is 34.6 Å². The summed E-state index contributed by atoms with van der Waals surface area (Å²) >= 11 is 0. The van der Waals surface area contributed by atoms with Gasteiger partial charge in [0.15, 0.2) is 11.5 Å². The van der Waals surface area contributed by atoms with Gasteiger partial charge in [-0.25, -0.2) is 8.42 Å². The molecule has 0 radical (unpaired) electrons. The third-order valence-corrected chi connectivity index (χ3v) is 6.49. The standard InChI is InChI=1S/C19H25NO4S/c1-11-12(2)14(4)19(15(5)13(11)3)25(21,22)20-16-9-8-10-17(23-6)18(16)24-7/h8-10,20H,1-7H3. The molecule has 25 heavy (non-hydrogen) atoms. The van der Waals surface area contributed by atoms with Gasteiger partial charge in [0.2, 0.25) is 0 Å². The van der Waals surface area contributed by atoms with E-state index in [1.807, 2.05) is 34.6 Å². The molecule has 2 aromatic rings. The second kappa shape index (κ2) is 6.96. The number of para-hydroxylation sites is 1. The second-order valence-corrected chi connectivity index (χ2v) is 7.72. The van der Waals surface area contributed by atoms with E-state index in [4.69, 9.17) is 9.47 Å². The van der Waals surface area contributed by atoms with Crippen LogP contribution in [0.3, 0.4) is 0 Å². The van der Waals surface area contributed by atoms with Gasteiger partial charge in [0.05, 0.1) is 24.8 Å². The van der Waals surface area contributed by atoms with Crippen molar-refractivity contribution in [2.45, 2.75) is 39.5 Å². The minimum Gasteiger partial charge on any atom is -0.493 e. The fraction of sp³-hybridized carbons (Fsp3) is 0.368. The fourth-order valence-corrected chi connectivity index (χ4v) is 4.70. The third kappa shape index (κ3) is 3.31. The number of nitrogens with one attached hydrogen (secondary N) is 1. The Balaban J connectivity index is 2.63. The minimum atomic E-state index is -3.78. The molecule has 0 amide bonds. The molecule has 1 N–H and O–H groups in total. The van der Waals surface area contributed by atoms with E-state index in [1.54, 1.807) is 18.2 Å². The monoisotopic (exact) mass is 363 g/mol. The normalized spacial score (nSPS) is 11.3. The topological polar surface area (TPSA) is 64.6 Å². The van der Waals surface area contributed by atoms with Crippen molar-refractivity contribution in [3.8, 4) is 11.5 Å². The van der Waals surface area contributed by atoms with Crippen molar-refractivity contribution in [1.29, 1.82) is 0 Å².